The van der Waals surface area contributed by atoms with Gasteiger partial charge in [0, 0.05) is 30.0 Å². The third kappa shape index (κ3) is 1.67. The molecule has 1 spiro atoms. The van der Waals surface area contributed by atoms with E-state index in [0.717, 1.165) is 53.7 Å². The van der Waals surface area contributed by atoms with Gasteiger partial charge in [0.15, 0.2) is 0 Å². The normalized spacial score (nSPS) is 38.2. The minimum Gasteiger partial charge on any atom is -0.506 e. The predicted octanol–water partition coefficient (Wildman–Crippen LogP) is 3.49. The number of allylic oxidation sites excluding steroid dienone is 2. The molecule has 2 unspecified atom stereocenters. The molecule has 0 amide bonds. The number of carbonyl (C=O) groups excluding carboxylic acids is 1. The van der Waals surface area contributed by atoms with E-state index in [9.17, 15) is 9.90 Å². The molecule has 4 nitrogen and oxygen atoms in total. The van der Waals surface area contributed by atoms with E-state index in [1.807, 2.05) is 6.07 Å². The number of benzene rings is 1. The summed E-state index contributed by atoms with van der Waals surface area (Å²) >= 11 is 0. The number of rotatable bonds is 3. The molecule has 1 aromatic rings. The van der Waals surface area contributed by atoms with Gasteiger partial charge in [-0.1, -0.05) is 25.1 Å². The number of hydrogen-bond donors (Lipinski definition) is 2. The topological polar surface area (TPSA) is 49.3 Å². The van der Waals surface area contributed by atoms with Crippen molar-refractivity contribution in [1.82, 2.24) is 0 Å². The highest BCUT2D eigenvalue weighted by Crippen LogP contribution is 2.64. The molecule has 4 atom stereocenters. The van der Waals surface area contributed by atoms with Gasteiger partial charge in [0.05, 0.1) is 24.2 Å². The molecule has 2 saturated heterocycles. The van der Waals surface area contributed by atoms with Crippen LogP contribution in [0.2, 0.25) is 0 Å². The second-order valence-corrected chi connectivity index (χ2v) is 8.49. The van der Waals surface area contributed by atoms with Gasteiger partial charge in [0.1, 0.15) is 24.6 Å². The molecule has 2 bridgehead atoms. The third-order valence-corrected chi connectivity index (χ3v) is 7.64. The van der Waals surface area contributed by atoms with Gasteiger partial charge in [-0.2, -0.15) is 0 Å². The fraction of sp³-hybridized carbons (Fsp3) is 0.500. The molecule has 2 fully saturated rings. The van der Waals surface area contributed by atoms with Crippen molar-refractivity contribution in [3.05, 3.63) is 46.7 Å². The Balaban J connectivity index is 1.82. The zero-order chi connectivity index (χ0) is 18.1. The van der Waals surface area contributed by atoms with Crippen LogP contribution >= 0.6 is 0 Å². The van der Waals surface area contributed by atoms with E-state index in [1.54, 1.807) is 6.07 Å². The van der Waals surface area contributed by atoms with Gasteiger partial charge in [-0.15, -0.1) is 0 Å². The maximum Gasteiger partial charge on any atom is 0.148 e. The largest absolute Gasteiger partial charge is 0.506 e. The van der Waals surface area contributed by atoms with E-state index in [1.165, 1.54) is 24.1 Å². The molecule has 1 aliphatic carbocycles. The second kappa shape index (κ2) is 5.23. The molecule has 4 heteroatoms. The maximum absolute atomic E-state index is 12.2. The van der Waals surface area contributed by atoms with Crippen molar-refractivity contribution >= 4 is 12.0 Å². The Morgan fingerprint density at radius 1 is 1.42 bits per heavy atom. The Hall–Kier alpha value is -2.07. The van der Waals surface area contributed by atoms with Crippen LogP contribution in [0.1, 0.15) is 38.7 Å². The van der Waals surface area contributed by atoms with E-state index in [2.05, 4.69) is 31.3 Å². The lowest BCUT2D eigenvalue weighted by Crippen LogP contribution is -2.63. The van der Waals surface area contributed by atoms with Gasteiger partial charge in [-0.05, 0) is 30.5 Å². The molecule has 3 heterocycles. The van der Waals surface area contributed by atoms with Crippen LogP contribution in [0.5, 0.6) is 5.75 Å². The van der Waals surface area contributed by atoms with E-state index in [0.29, 0.717) is 11.8 Å². The first kappa shape index (κ1) is 16.1. The molecule has 4 aliphatic rings. The number of phenols is 1. The van der Waals surface area contributed by atoms with Gasteiger partial charge in [-0.3, -0.25) is 4.79 Å². The SMILES string of the molecule is CC=C1C[N+]2(CCC)CCC34C(=C(C=O)[C@H]1C[C@@H]32)Nc1c(O)cccc14. The number of hydrogen-bond acceptors (Lipinski definition) is 3. The molecule has 2 N–H and O–H groups in total. The van der Waals surface area contributed by atoms with Crippen LogP contribution in [0.25, 0.3) is 0 Å². The average Bonchev–Trinajstić information content (AvgIpc) is 3.17. The Morgan fingerprint density at radius 2 is 2.27 bits per heavy atom. The molecule has 5 rings (SSSR count). The summed E-state index contributed by atoms with van der Waals surface area (Å²) in [7, 11) is 0. The van der Waals surface area contributed by atoms with Crippen LogP contribution < -0.4 is 5.32 Å². The summed E-state index contributed by atoms with van der Waals surface area (Å²) in [6.07, 6.45) is 6.60. The summed E-state index contributed by atoms with van der Waals surface area (Å²) in [5.74, 6) is 0.529. The highest BCUT2D eigenvalue weighted by Gasteiger charge is 2.68. The van der Waals surface area contributed by atoms with E-state index in [-0.39, 0.29) is 11.3 Å². The van der Waals surface area contributed by atoms with Crippen molar-refractivity contribution in [2.75, 3.05) is 25.0 Å². The van der Waals surface area contributed by atoms with Crippen molar-refractivity contribution < 1.29 is 14.4 Å². The fourth-order valence-electron chi connectivity index (χ4n) is 6.73. The minimum atomic E-state index is -0.130. The number of carbonyl (C=O) groups is 1. The van der Waals surface area contributed by atoms with Crippen LogP contribution in [0.4, 0.5) is 5.69 Å². The number of fused-ring (bicyclic) bond motifs is 2. The first-order valence-electron chi connectivity index (χ1n) is 9.91. The Labute approximate surface area is 154 Å². The molecule has 0 saturated carbocycles. The van der Waals surface area contributed by atoms with Crippen molar-refractivity contribution in [1.29, 1.82) is 0 Å². The quantitative estimate of drug-likeness (QED) is 0.379. The van der Waals surface area contributed by atoms with Crippen LogP contribution in [0.3, 0.4) is 0 Å². The number of quaternary nitrogens is 1. The molecular formula is C22H27N2O2+. The molecule has 0 radical (unpaired) electrons. The smallest absolute Gasteiger partial charge is 0.148 e. The highest BCUT2D eigenvalue weighted by atomic mass is 16.3. The number of anilines is 1. The zero-order valence-electron chi connectivity index (χ0n) is 15.6. The number of phenolic OH excluding ortho intramolecular Hbond substituents is 1. The number of nitrogens with zero attached hydrogens (tertiary/aromatic N) is 1. The lowest BCUT2D eigenvalue weighted by Gasteiger charge is -2.53. The first-order valence-corrected chi connectivity index (χ1v) is 9.91. The van der Waals surface area contributed by atoms with Crippen molar-refractivity contribution in [2.24, 2.45) is 5.92 Å². The Kier molecular flexibility index (Phi) is 3.24. The Bertz CT molecular complexity index is 871. The van der Waals surface area contributed by atoms with Gasteiger partial charge in [0.25, 0.3) is 0 Å². The van der Waals surface area contributed by atoms with E-state index >= 15 is 0 Å². The summed E-state index contributed by atoms with van der Waals surface area (Å²) in [4.78, 5) is 12.2. The highest BCUT2D eigenvalue weighted by molar-refractivity contribution is 5.85. The zero-order valence-corrected chi connectivity index (χ0v) is 15.6. The van der Waals surface area contributed by atoms with Crippen molar-refractivity contribution in [3.8, 4) is 5.75 Å². The number of nitrogens with one attached hydrogen (secondary N) is 1. The lowest BCUT2D eigenvalue weighted by atomic mass is 9.61. The van der Waals surface area contributed by atoms with E-state index < -0.39 is 0 Å². The molecule has 1 aromatic carbocycles. The molecule has 0 aromatic heterocycles. The predicted molar refractivity (Wildman–Crippen MR) is 102 cm³/mol. The van der Waals surface area contributed by atoms with Crippen LogP contribution in [-0.2, 0) is 10.2 Å². The van der Waals surface area contributed by atoms with Gasteiger partial charge >= 0.3 is 0 Å². The Morgan fingerprint density at radius 3 is 3.00 bits per heavy atom. The molecular weight excluding hydrogens is 324 g/mol. The lowest BCUT2D eigenvalue weighted by molar-refractivity contribution is -0.941. The standard InChI is InChI=1S/C22H26N2O2/c1-3-9-24-10-8-22-17-6-5-7-18(26)20(17)23-21(22)16(13-25)15(11-19(22)24)14(4-2)12-24/h4-7,13,15,19H,3,8-12H2,1-2H3,(H-,23,25,26)/p+1/t15-,19-,22?,24?/m0/s1. The van der Waals surface area contributed by atoms with Gasteiger partial charge in [0.2, 0.25) is 0 Å². The number of piperidine rings is 1. The minimum absolute atomic E-state index is 0.130. The molecule has 136 valence electrons. The van der Waals surface area contributed by atoms with Gasteiger partial charge in [-0.25, -0.2) is 0 Å². The number of aromatic hydroxyl groups is 1. The van der Waals surface area contributed by atoms with Crippen LogP contribution in [0, 0.1) is 5.92 Å². The summed E-state index contributed by atoms with van der Waals surface area (Å²) in [6.45, 7) is 7.80. The maximum atomic E-state index is 12.2. The monoisotopic (exact) mass is 351 g/mol. The summed E-state index contributed by atoms with van der Waals surface area (Å²) in [5, 5.41) is 14.0. The van der Waals surface area contributed by atoms with Crippen LogP contribution in [-0.4, -0.2) is 41.6 Å². The fourth-order valence-corrected chi connectivity index (χ4v) is 6.73. The van der Waals surface area contributed by atoms with Crippen LogP contribution in [0.15, 0.2) is 41.1 Å². The summed E-state index contributed by atoms with van der Waals surface area (Å²) < 4.78 is 1.14. The number of para-hydroxylation sites is 1. The molecule has 3 aliphatic heterocycles. The summed E-state index contributed by atoms with van der Waals surface area (Å²) in [5.41, 5.74) is 5.32. The third-order valence-electron chi connectivity index (χ3n) is 7.64. The average molecular weight is 351 g/mol. The first-order chi connectivity index (χ1) is 12.6. The van der Waals surface area contributed by atoms with Gasteiger partial charge < -0.3 is 14.9 Å². The number of aldehydes is 1. The second-order valence-electron chi connectivity index (χ2n) is 8.49. The van der Waals surface area contributed by atoms with E-state index in [4.69, 9.17) is 0 Å². The summed E-state index contributed by atoms with van der Waals surface area (Å²) in [6, 6.07) is 6.35. The van der Waals surface area contributed by atoms with Crippen molar-refractivity contribution in [2.45, 2.75) is 44.6 Å². The molecule has 26 heavy (non-hydrogen) atoms. The van der Waals surface area contributed by atoms with Crippen molar-refractivity contribution in [3.63, 3.8) is 0 Å².